The molecular formula is C59H57Cl2N5O6. The van der Waals surface area contributed by atoms with E-state index in [0.29, 0.717) is 62.1 Å². The predicted octanol–water partition coefficient (Wildman–Crippen LogP) is 12.6. The maximum Gasteiger partial charge on any atom is 0.407 e. The van der Waals surface area contributed by atoms with Crippen LogP contribution >= 0.6 is 23.2 Å². The number of anilines is 3. The van der Waals surface area contributed by atoms with Crippen LogP contribution in [-0.4, -0.2) is 68.0 Å². The highest BCUT2D eigenvalue weighted by Gasteiger charge is 2.36. The highest BCUT2D eigenvalue weighted by molar-refractivity contribution is 6.19. The summed E-state index contributed by atoms with van der Waals surface area (Å²) < 4.78 is 12.2. The van der Waals surface area contributed by atoms with Crippen molar-refractivity contribution in [3.05, 3.63) is 167 Å². The first kappa shape index (κ1) is 48.5. The molecule has 1 aliphatic carbocycles. The average Bonchev–Trinajstić information content (AvgIpc) is 4.09. The fraction of sp³-hybridized carbons (Fsp3) is 0.288. The van der Waals surface area contributed by atoms with Gasteiger partial charge in [-0.3, -0.25) is 9.59 Å². The Hall–Kier alpha value is -7.08. The number of carbonyl (C=O) groups excluding carboxylic acids is 4. The molecule has 368 valence electrons. The first-order valence-corrected chi connectivity index (χ1v) is 25.9. The summed E-state index contributed by atoms with van der Waals surface area (Å²) in [6.45, 7) is 3.84. The summed E-state index contributed by atoms with van der Waals surface area (Å²) in [5.74, 6) is 1.32. The van der Waals surface area contributed by atoms with Crippen LogP contribution in [0.1, 0.15) is 84.6 Å². The number of fused-ring (bicyclic) bond motifs is 9. The van der Waals surface area contributed by atoms with E-state index >= 15 is 0 Å². The molecule has 0 unspecified atom stereocenters. The van der Waals surface area contributed by atoms with Crippen molar-refractivity contribution in [2.24, 2.45) is 0 Å². The van der Waals surface area contributed by atoms with Crippen LogP contribution < -0.4 is 30.5 Å². The molecule has 0 bridgehead atoms. The fourth-order valence-electron chi connectivity index (χ4n) is 10.8. The second kappa shape index (κ2) is 21.7. The van der Waals surface area contributed by atoms with E-state index < -0.39 is 6.09 Å². The van der Waals surface area contributed by atoms with Crippen molar-refractivity contribution in [1.29, 1.82) is 0 Å². The van der Waals surface area contributed by atoms with Crippen molar-refractivity contribution in [3.63, 3.8) is 0 Å². The van der Waals surface area contributed by atoms with Gasteiger partial charge in [0.05, 0.1) is 5.69 Å². The molecule has 10 rings (SSSR count). The smallest absolute Gasteiger partial charge is 0.407 e. The van der Waals surface area contributed by atoms with Crippen LogP contribution in [0, 0.1) is 0 Å². The molecule has 0 fully saturated rings. The third-order valence-electron chi connectivity index (χ3n) is 14.3. The Morgan fingerprint density at radius 1 is 0.667 bits per heavy atom. The molecule has 3 aliphatic rings. The van der Waals surface area contributed by atoms with Gasteiger partial charge >= 0.3 is 12.1 Å². The summed E-state index contributed by atoms with van der Waals surface area (Å²) in [5, 5.41) is 12.9. The number of alkyl halides is 2. The Morgan fingerprint density at radius 2 is 1.26 bits per heavy atom. The third kappa shape index (κ3) is 10.1. The summed E-state index contributed by atoms with van der Waals surface area (Å²) in [6.07, 6.45) is 1.72. The van der Waals surface area contributed by atoms with Crippen LogP contribution in [0.25, 0.3) is 32.7 Å². The second-order valence-corrected chi connectivity index (χ2v) is 19.6. The van der Waals surface area contributed by atoms with Gasteiger partial charge in [0.2, 0.25) is 11.8 Å². The summed E-state index contributed by atoms with van der Waals surface area (Å²) >= 11 is 13.0. The van der Waals surface area contributed by atoms with Gasteiger partial charge in [-0.05, 0) is 99.5 Å². The van der Waals surface area contributed by atoms with Crippen LogP contribution in [0.4, 0.5) is 26.7 Å². The van der Waals surface area contributed by atoms with Gasteiger partial charge in [0.1, 0.15) is 19.0 Å². The van der Waals surface area contributed by atoms with E-state index in [1.807, 2.05) is 108 Å². The average molecular weight is 1000 g/mol. The minimum Gasteiger partial charge on any atom is -0.488 e. The van der Waals surface area contributed by atoms with Crippen LogP contribution in [0.3, 0.4) is 0 Å². The summed E-state index contributed by atoms with van der Waals surface area (Å²) in [6, 6.07) is 45.7. The third-order valence-corrected chi connectivity index (χ3v) is 15.1. The van der Waals surface area contributed by atoms with Gasteiger partial charge in [-0.2, -0.15) is 0 Å². The standard InChI is InChI=1S/C59H57Cl2N5O6/c1-37(63-59(70)72-36-50-46-17-6-4-15-44(46)45-16-5-7-18-47(45)50)12-11-29-62-58(69)64-42-26-23-38(24-27-42)35-71-53-30-52-57(49-20-9-8-19-48(49)53)41(32-61)34-66(52)55(68)22-10-21-54(67)65-33-40(31-60)56-43-14-3-2-13-39(43)25-28-51(56)65/h2-9,13-20,23-28,30,37,40-41,50H,10-12,21-22,29,31-36H2,1H3,(H,63,70)(H2,62,64,69)/t37-,40+,41+/m0/s1. The molecule has 0 aromatic heterocycles. The zero-order valence-corrected chi connectivity index (χ0v) is 41.7. The first-order chi connectivity index (χ1) is 35.2. The number of hydrogen-bond acceptors (Lipinski definition) is 6. The predicted molar refractivity (Wildman–Crippen MR) is 288 cm³/mol. The van der Waals surface area contributed by atoms with Crippen molar-refractivity contribution < 1.29 is 28.7 Å². The largest absolute Gasteiger partial charge is 0.488 e. The number of halogens is 2. The van der Waals surface area contributed by atoms with Gasteiger partial charge in [0.15, 0.2) is 0 Å². The van der Waals surface area contributed by atoms with Crippen LogP contribution in [0.2, 0.25) is 0 Å². The number of urea groups is 1. The van der Waals surface area contributed by atoms with E-state index in [0.717, 1.165) is 49.6 Å². The van der Waals surface area contributed by atoms with Crippen LogP contribution in [0.15, 0.2) is 140 Å². The van der Waals surface area contributed by atoms with E-state index in [1.54, 1.807) is 0 Å². The lowest BCUT2D eigenvalue weighted by molar-refractivity contribution is -0.119. The van der Waals surface area contributed by atoms with E-state index in [-0.39, 0.29) is 67.7 Å². The topological polar surface area (TPSA) is 129 Å². The lowest BCUT2D eigenvalue weighted by atomic mass is 9.95. The highest BCUT2D eigenvalue weighted by Crippen LogP contribution is 2.47. The maximum absolute atomic E-state index is 14.0. The van der Waals surface area contributed by atoms with E-state index in [9.17, 15) is 19.2 Å². The summed E-state index contributed by atoms with van der Waals surface area (Å²) in [5.41, 5.74) is 10.1. The van der Waals surface area contributed by atoms with Gasteiger partial charge < -0.3 is 35.2 Å². The minimum atomic E-state index is -0.456. The molecule has 5 amide bonds. The molecule has 72 heavy (non-hydrogen) atoms. The number of rotatable bonds is 17. The molecule has 13 heteroatoms. The van der Waals surface area contributed by atoms with Gasteiger partial charge in [0.25, 0.3) is 0 Å². The Kier molecular flexibility index (Phi) is 14.6. The lowest BCUT2D eigenvalue weighted by Crippen LogP contribution is -2.35. The van der Waals surface area contributed by atoms with Crippen molar-refractivity contribution >= 4 is 85.7 Å². The minimum absolute atomic E-state index is 0.00473. The number of hydrogen-bond donors (Lipinski definition) is 3. The van der Waals surface area contributed by atoms with Crippen molar-refractivity contribution in [1.82, 2.24) is 10.6 Å². The van der Waals surface area contributed by atoms with Gasteiger partial charge in [-0.25, -0.2) is 9.59 Å². The van der Waals surface area contributed by atoms with Crippen molar-refractivity contribution in [3.8, 4) is 16.9 Å². The normalized spacial score (nSPS) is 15.9. The number of nitrogens with zero attached hydrogens (tertiary/aromatic N) is 2. The van der Waals surface area contributed by atoms with E-state index in [4.69, 9.17) is 32.7 Å². The van der Waals surface area contributed by atoms with E-state index in [2.05, 4.69) is 64.5 Å². The zero-order chi connectivity index (χ0) is 49.7. The SMILES string of the molecule is C[C@@H](CCCNC(=O)Nc1ccc(COc2cc3c(c4ccccc24)[C@H](CCl)CN3C(=O)CCCC(=O)N2C[C@@H](CCl)c3c2ccc2ccccc32)cc1)NC(=O)OCC1c2ccccc2-c2ccccc21. The number of ether oxygens (including phenoxy) is 2. The van der Waals surface area contributed by atoms with Gasteiger partial charge in [-0.15, -0.1) is 23.2 Å². The molecular weight excluding hydrogens is 946 g/mol. The highest BCUT2D eigenvalue weighted by atomic mass is 35.5. The molecule has 0 radical (unpaired) electrons. The quantitative estimate of drug-likeness (QED) is 0.0615. The second-order valence-electron chi connectivity index (χ2n) is 19.0. The molecule has 0 saturated carbocycles. The van der Waals surface area contributed by atoms with Gasteiger partial charge in [-0.1, -0.05) is 115 Å². The first-order valence-electron chi connectivity index (χ1n) is 24.9. The number of nitrogens with one attached hydrogen (secondary N) is 3. The Bertz CT molecular complexity index is 3120. The molecule has 11 nitrogen and oxygen atoms in total. The molecule has 3 atom stereocenters. The van der Waals surface area contributed by atoms with E-state index in [1.165, 1.54) is 22.3 Å². The monoisotopic (exact) mass is 1000 g/mol. The molecule has 3 N–H and O–H groups in total. The number of benzene rings is 7. The zero-order valence-electron chi connectivity index (χ0n) is 40.2. The van der Waals surface area contributed by atoms with Crippen molar-refractivity contribution in [2.75, 3.05) is 53.1 Å². The summed E-state index contributed by atoms with van der Waals surface area (Å²) in [4.78, 5) is 57.0. The van der Waals surface area contributed by atoms with Gasteiger partial charge in [0, 0.05) is 90.9 Å². The molecule has 0 spiro atoms. The number of carbonyl (C=O) groups is 4. The molecule has 7 aromatic carbocycles. The van der Waals surface area contributed by atoms with Crippen molar-refractivity contribution in [2.45, 2.75) is 69.4 Å². The Morgan fingerprint density at radius 3 is 1.94 bits per heavy atom. The Balaban J connectivity index is 0.690. The Labute approximate surface area is 429 Å². The number of amides is 5. The molecule has 7 aromatic rings. The molecule has 0 saturated heterocycles. The van der Waals surface area contributed by atoms with Crippen LogP contribution in [0.5, 0.6) is 5.75 Å². The van der Waals surface area contributed by atoms with Crippen LogP contribution in [-0.2, 0) is 20.9 Å². The molecule has 2 heterocycles. The number of alkyl carbamates (subject to hydrolysis) is 1. The lowest BCUT2D eigenvalue weighted by Gasteiger charge is -2.21. The maximum atomic E-state index is 14.0. The molecule has 2 aliphatic heterocycles. The summed E-state index contributed by atoms with van der Waals surface area (Å²) in [7, 11) is 0. The fourth-order valence-corrected chi connectivity index (χ4v) is 11.3.